The van der Waals surface area contributed by atoms with Crippen LogP contribution in [-0.2, 0) is 6.54 Å². The Labute approximate surface area is 159 Å². The van der Waals surface area contributed by atoms with Crippen molar-refractivity contribution in [3.05, 3.63) is 51.2 Å². The molecule has 1 aliphatic rings. The number of nitrogens with zero attached hydrogens (tertiary/aromatic N) is 2. The predicted molar refractivity (Wildman–Crippen MR) is 106 cm³/mol. The number of nitriles is 1. The summed E-state index contributed by atoms with van der Waals surface area (Å²) in [5, 5.41) is 15.4. The highest BCUT2D eigenvalue weighted by Crippen LogP contribution is 2.30. The topological polar surface area (TPSA) is 39.1 Å². The van der Waals surface area contributed by atoms with Crippen LogP contribution in [0.2, 0.25) is 5.02 Å². The summed E-state index contributed by atoms with van der Waals surface area (Å²) in [5.41, 5.74) is 1.53. The van der Waals surface area contributed by atoms with Gasteiger partial charge in [-0.3, -0.25) is 4.90 Å². The molecule has 0 bridgehead atoms. The molecule has 1 aromatic carbocycles. The fourth-order valence-corrected chi connectivity index (χ4v) is 4.54. The second-order valence-electron chi connectivity index (χ2n) is 7.09. The Morgan fingerprint density at radius 3 is 2.88 bits per heavy atom. The average molecular weight is 374 g/mol. The van der Waals surface area contributed by atoms with E-state index < -0.39 is 0 Å². The highest BCUT2D eigenvalue weighted by Gasteiger charge is 2.34. The van der Waals surface area contributed by atoms with Crippen molar-refractivity contribution in [1.29, 1.82) is 5.26 Å². The maximum Gasteiger partial charge on any atom is 0.101 e. The maximum atomic E-state index is 9.03. The van der Waals surface area contributed by atoms with Crippen molar-refractivity contribution < 1.29 is 0 Å². The van der Waals surface area contributed by atoms with Crippen molar-refractivity contribution in [1.82, 2.24) is 4.90 Å². The van der Waals surface area contributed by atoms with Gasteiger partial charge in [-0.25, -0.2) is 0 Å². The molecule has 2 heterocycles. The van der Waals surface area contributed by atoms with E-state index in [9.17, 15) is 0 Å². The fourth-order valence-electron chi connectivity index (χ4n) is 3.59. The van der Waals surface area contributed by atoms with Gasteiger partial charge in [0.15, 0.2) is 0 Å². The van der Waals surface area contributed by atoms with Crippen molar-refractivity contribution in [2.75, 3.05) is 11.9 Å². The van der Waals surface area contributed by atoms with E-state index in [1.54, 1.807) is 6.07 Å². The van der Waals surface area contributed by atoms with E-state index in [0.29, 0.717) is 28.6 Å². The molecule has 0 amide bonds. The quantitative estimate of drug-likeness (QED) is 0.739. The number of rotatable bonds is 6. The highest BCUT2D eigenvalue weighted by atomic mass is 35.5. The van der Waals surface area contributed by atoms with Gasteiger partial charge in [0.25, 0.3) is 0 Å². The third-order valence-corrected chi connectivity index (χ3v) is 5.93. The molecule has 25 heavy (non-hydrogen) atoms. The highest BCUT2D eigenvalue weighted by molar-refractivity contribution is 7.09. The lowest BCUT2D eigenvalue weighted by atomic mass is 9.97. The molecule has 1 unspecified atom stereocenters. The minimum absolute atomic E-state index is 0.409. The second-order valence-corrected chi connectivity index (χ2v) is 8.53. The number of hydrogen-bond acceptors (Lipinski definition) is 4. The van der Waals surface area contributed by atoms with Crippen molar-refractivity contribution in [3.8, 4) is 6.07 Å². The van der Waals surface area contributed by atoms with E-state index in [-0.39, 0.29) is 0 Å². The Kier molecular flexibility index (Phi) is 6.01. The summed E-state index contributed by atoms with van der Waals surface area (Å²) in [5.74, 6) is 0.655. The van der Waals surface area contributed by atoms with Crippen LogP contribution in [0, 0.1) is 17.2 Å². The zero-order valence-corrected chi connectivity index (χ0v) is 16.3. The summed E-state index contributed by atoms with van der Waals surface area (Å²) in [6, 6.07) is 13.0. The molecule has 0 radical (unpaired) electrons. The van der Waals surface area contributed by atoms with Gasteiger partial charge in [0.2, 0.25) is 0 Å². The van der Waals surface area contributed by atoms with Gasteiger partial charge in [-0.2, -0.15) is 5.26 Å². The molecule has 0 spiro atoms. The summed E-state index contributed by atoms with van der Waals surface area (Å²) in [4.78, 5) is 4.03. The molecule has 1 fully saturated rings. The van der Waals surface area contributed by atoms with Gasteiger partial charge < -0.3 is 5.32 Å². The first-order valence-electron chi connectivity index (χ1n) is 8.79. The molecule has 2 aromatic rings. The fraction of sp³-hybridized carbons (Fsp3) is 0.450. The van der Waals surface area contributed by atoms with E-state index in [1.807, 2.05) is 23.5 Å². The van der Waals surface area contributed by atoms with Gasteiger partial charge in [0.05, 0.1) is 10.6 Å². The van der Waals surface area contributed by atoms with Gasteiger partial charge in [-0.05, 0) is 48.4 Å². The Morgan fingerprint density at radius 2 is 2.24 bits per heavy atom. The first kappa shape index (κ1) is 18.3. The molecule has 0 saturated carbocycles. The molecular weight excluding hydrogens is 350 g/mol. The van der Waals surface area contributed by atoms with Gasteiger partial charge in [0, 0.05) is 35.7 Å². The van der Waals surface area contributed by atoms with Crippen LogP contribution < -0.4 is 5.32 Å². The Bertz CT molecular complexity index is 736. The Balaban J connectivity index is 1.73. The number of anilines is 1. The number of likely N-dealkylation sites (tertiary alicyclic amines) is 1. The third kappa shape index (κ3) is 4.55. The molecule has 1 aliphatic heterocycles. The smallest absolute Gasteiger partial charge is 0.101 e. The molecule has 132 valence electrons. The zero-order chi connectivity index (χ0) is 17.8. The molecule has 5 heteroatoms. The summed E-state index contributed by atoms with van der Waals surface area (Å²) in [6.07, 6.45) is 2.30. The Morgan fingerprint density at radius 1 is 1.40 bits per heavy atom. The van der Waals surface area contributed by atoms with Gasteiger partial charge in [-0.15, -0.1) is 11.3 Å². The minimum atomic E-state index is 0.409. The molecule has 3 rings (SSSR count). The van der Waals surface area contributed by atoms with Crippen LogP contribution in [0.25, 0.3) is 0 Å². The van der Waals surface area contributed by atoms with Crippen LogP contribution in [0.5, 0.6) is 0 Å². The number of hydrogen-bond donors (Lipinski definition) is 1. The summed E-state index contributed by atoms with van der Waals surface area (Å²) in [7, 11) is 0. The second kappa shape index (κ2) is 8.23. The molecule has 1 saturated heterocycles. The van der Waals surface area contributed by atoms with Crippen molar-refractivity contribution in [2.45, 2.75) is 45.3 Å². The van der Waals surface area contributed by atoms with Gasteiger partial charge >= 0.3 is 0 Å². The molecule has 2 atom stereocenters. The van der Waals surface area contributed by atoms with Crippen LogP contribution in [0.15, 0.2) is 35.7 Å². The van der Waals surface area contributed by atoms with E-state index in [4.69, 9.17) is 16.9 Å². The first-order chi connectivity index (χ1) is 12.1. The normalized spacial score (nSPS) is 20.8. The van der Waals surface area contributed by atoms with Crippen LogP contribution in [0.1, 0.15) is 37.1 Å². The van der Waals surface area contributed by atoms with E-state index >= 15 is 0 Å². The molecule has 0 aliphatic carbocycles. The molecular formula is C20H24ClN3S. The van der Waals surface area contributed by atoms with E-state index in [1.165, 1.54) is 11.3 Å². The van der Waals surface area contributed by atoms with Crippen LogP contribution >= 0.6 is 22.9 Å². The number of thiophene rings is 1. The predicted octanol–water partition coefficient (Wildman–Crippen LogP) is 5.37. The van der Waals surface area contributed by atoms with Crippen molar-refractivity contribution >= 4 is 28.6 Å². The zero-order valence-electron chi connectivity index (χ0n) is 14.7. The minimum Gasteiger partial charge on any atom is -0.381 e. The number of halogens is 1. The van der Waals surface area contributed by atoms with Crippen LogP contribution in [-0.4, -0.2) is 23.5 Å². The summed E-state index contributed by atoms with van der Waals surface area (Å²) >= 11 is 8.02. The molecule has 1 N–H and O–H groups in total. The van der Waals surface area contributed by atoms with Crippen molar-refractivity contribution in [2.24, 2.45) is 5.92 Å². The average Bonchev–Trinajstić information content (AvgIpc) is 3.20. The molecule has 3 nitrogen and oxygen atoms in total. The van der Waals surface area contributed by atoms with E-state index in [0.717, 1.165) is 25.2 Å². The lowest BCUT2D eigenvalue weighted by Crippen LogP contribution is -2.39. The SMILES string of the molecule is CC(C)CC1[C@@H](Nc2ccc(C#N)c(Cl)c2)CCN1Cc1cccs1. The van der Waals surface area contributed by atoms with Gasteiger partial charge in [-0.1, -0.05) is 31.5 Å². The van der Waals surface area contributed by atoms with Crippen LogP contribution in [0.3, 0.4) is 0 Å². The lowest BCUT2D eigenvalue weighted by molar-refractivity contribution is 0.214. The Hall–Kier alpha value is -1.54. The number of benzene rings is 1. The summed E-state index contributed by atoms with van der Waals surface area (Å²) < 4.78 is 0. The van der Waals surface area contributed by atoms with Crippen LogP contribution in [0.4, 0.5) is 5.69 Å². The maximum absolute atomic E-state index is 9.03. The summed E-state index contributed by atoms with van der Waals surface area (Å²) in [6.45, 7) is 6.72. The lowest BCUT2D eigenvalue weighted by Gasteiger charge is -2.30. The van der Waals surface area contributed by atoms with Crippen molar-refractivity contribution in [3.63, 3.8) is 0 Å². The standard InChI is InChI=1S/C20H24ClN3S/c1-14(2)10-20-19(7-8-24(20)13-17-4-3-9-25-17)23-16-6-5-15(12-22)18(21)11-16/h3-6,9,11,14,19-20,23H,7-8,10,13H2,1-2H3/t19-,20?/m0/s1. The van der Waals surface area contributed by atoms with Gasteiger partial charge in [0.1, 0.15) is 6.07 Å². The van der Waals surface area contributed by atoms with E-state index in [2.05, 4.69) is 47.6 Å². The first-order valence-corrected chi connectivity index (χ1v) is 10.0. The third-order valence-electron chi connectivity index (χ3n) is 4.75. The monoisotopic (exact) mass is 373 g/mol. The molecule has 1 aromatic heterocycles. The largest absolute Gasteiger partial charge is 0.381 e. The number of nitrogens with one attached hydrogen (secondary N) is 1.